The molecule has 3 N–H and O–H groups in total. The first kappa shape index (κ1) is 25.4. The van der Waals surface area contributed by atoms with Gasteiger partial charge in [0.05, 0.1) is 6.54 Å². The number of rotatable bonds is 8. The van der Waals surface area contributed by atoms with Crippen LogP contribution in [-0.4, -0.2) is 59.6 Å². The Balaban J connectivity index is 1.78. The zero-order chi connectivity index (χ0) is 25.0. The summed E-state index contributed by atoms with van der Waals surface area (Å²) in [6.45, 7) is 13.7. The molecule has 1 aromatic heterocycles. The number of nitrogens with one attached hydrogen (secondary N) is 1. The van der Waals surface area contributed by atoms with Crippen LogP contribution in [0, 0.1) is 18.8 Å². The molecule has 1 saturated heterocycles. The minimum atomic E-state index is -0.555. The lowest BCUT2D eigenvalue weighted by molar-refractivity contribution is -0.130. The van der Waals surface area contributed by atoms with Gasteiger partial charge in [-0.2, -0.15) is 0 Å². The van der Waals surface area contributed by atoms with E-state index < -0.39 is 11.2 Å². The van der Waals surface area contributed by atoms with Crippen LogP contribution in [0.4, 0.5) is 17.2 Å². The molecule has 186 valence electrons. The Morgan fingerprint density at radius 3 is 2.35 bits per heavy atom. The molecule has 0 atom stereocenters. The SMILES string of the molecule is Cc1cccc(N2CCN(C(=O)CN(CC(C)C)c3c(N)n(CC(C)C)c(=O)[nH]c3=O)CC2)c1. The summed E-state index contributed by atoms with van der Waals surface area (Å²) in [5.74, 6) is 0.420. The number of aryl methyl sites for hydroxylation is 1. The summed E-state index contributed by atoms with van der Waals surface area (Å²) in [6, 6.07) is 8.37. The molecule has 1 amide bonds. The van der Waals surface area contributed by atoms with Crippen LogP contribution in [0.2, 0.25) is 0 Å². The van der Waals surface area contributed by atoms with E-state index in [1.165, 1.54) is 15.8 Å². The summed E-state index contributed by atoms with van der Waals surface area (Å²) in [5, 5.41) is 0. The fraction of sp³-hybridized carbons (Fsp3) is 0.560. The van der Waals surface area contributed by atoms with Crippen LogP contribution in [0.5, 0.6) is 0 Å². The second-order valence-corrected chi connectivity index (χ2v) is 9.98. The maximum atomic E-state index is 13.3. The highest BCUT2D eigenvalue weighted by molar-refractivity contribution is 5.83. The maximum absolute atomic E-state index is 13.3. The van der Waals surface area contributed by atoms with Gasteiger partial charge in [-0.05, 0) is 36.5 Å². The molecule has 1 aliphatic rings. The monoisotopic (exact) mass is 470 g/mol. The molecule has 9 nitrogen and oxygen atoms in total. The Morgan fingerprint density at radius 2 is 1.76 bits per heavy atom. The number of carbonyl (C=O) groups excluding carboxylic acids is 1. The zero-order valence-corrected chi connectivity index (χ0v) is 21.0. The van der Waals surface area contributed by atoms with Gasteiger partial charge in [0.2, 0.25) is 5.91 Å². The van der Waals surface area contributed by atoms with Crippen LogP contribution in [0.25, 0.3) is 0 Å². The van der Waals surface area contributed by atoms with Gasteiger partial charge in [0, 0.05) is 45.0 Å². The lowest BCUT2D eigenvalue weighted by atomic mass is 10.1. The number of carbonyl (C=O) groups is 1. The van der Waals surface area contributed by atoms with Crippen LogP contribution in [-0.2, 0) is 11.3 Å². The minimum Gasteiger partial charge on any atom is -0.383 e. The molecule has 0 unspecified atom stereocenters. The molecule has 0 bridgehead atoms. The van der Waals surface area contributed by atoms with Crippen molar-refractivity contribution in [2.75, 3.05) is 54.8 Å². The number of hydrogen-bond donors (Lipinski definition) is 2. The van der Waals surface area contributed by atoms with Crippen molar-refractivity contribution < 1.29 is 4.79 Å². The third-order valence-electron chi connectivity index (χ3n) is 5.99. The second-order valence-electron chi connectivity index (χ2n) is 9.98. The van der Waals surface area contributed by atoms with Crippen LogP contribution < -0.4 is 26.8 Å². The third-order valence-corrected chi connectivity index (χ3v) is 5.99. The number of amides is 1. The van der Waals surface area contributed by atoms with Gasteiger partial charge < -0.3 is 20.4 Å². The molecular weight excluding hydrogens is 432 g/mol. The fourth-order valence-corrected chi connectivity index (χ4v) is 4.41. The van der Waals surface area contributed by atoms with Gasteiger partial charge in [-0.1, -0.05) is 39.8 Å². The lowest BCUT2D eigenvalue weighted by Gasteiger charge is -2.37. The maximum Gasteiger partial charge on any atom is 0.330 e. The first-order valence-electron chi connectivity index (χ1n) is 12.0. The first-order chi connectivity index (χ1) is 16.1. The number of H-pyrrole nitrogens is 1. The Morgan fingerprint density at radius 1 is 1.09 bits per heavy atom. The van der Waals surface area contributed by atoms with Gasteiger partial charge in [0.1, 0.15) is 11.5 Å². The zero-order valence-electron chi connectivity index (χ0n) is 21.0. The average molecular weight is 471 g/mol. The number of nitrogens with two attached hydrogens (primary N) is 1. The van der Waals surface area contributed by atoms with E-state index in [9.17, 15) is 14.4 Å². The van der Waals surface area contributed by atoms with E-state index in [1.54, 1.807) is 4.90 Å². The van der Waals surface area contributed by atoms with E-state index >= 15 is 0 Å². The molecule has 0 spiro atoms. The molecule has 2 heterocycles. The normalized spacial score (nSPS) is 14.2. The minimum absolute atomic E-state index is 0.0375. The van der Waals surface area contributed by atoms with Crippen molar-refractivity contribution in [3.63, 3.8) is 0 Å². The summed E-state index contributed by atoms with van der Waals surface area (Å²) < 4.78 is 1.39. The Kier molecular flexibility index (Phi) is 8.06. The van der Waals surface area contributed by atoms with Gasteiger partial charge in [-0.25, -0.2) is 4.79 Å². The van der Waals surface area contributed by atoms with Crippen molar-refractivity contribution in [2.24, 2.45) is 11.8 Å². The molecule has 3 rings (SSSR count). The highest BCUT2D eigenvalue weighted by Crippen LogP contribution is 2.21. The van der Waals surface area contributed by atoms with E-state index in [0.717, 1.165) is 13.1 Å². The summed E-state index contributed by atoms with van der Waals surface area (Å²) in [4.78, 5) is 46.6. The van der Waals surface area contributed by atoms with Crippen LogP contribution in [0.3, 0.4) is 0 Å². The van der Waals surface area contributed by atoms with Crippen LogP contribution in [0.1, 0.15) is 33.3 Å². The number of piperazine rings is 1. The lowest BCUT2D eigenvalue weighted by Crippen LogP contribution is -2.52. The Labute approximate surface area is 201 Å². The summed E-state index contributed by atoms with van der Waals surface area (Å²) in [7, 11) is 0. The Bertz CT molecular complexity index is 1110. The molecule has 34 heavy (non-hydrogen) atoms. The molecule has 2 aromatic rings. The number of hydrogen-bond acceptors (Lipinski definition) is 6. The van der Waals surface area contributed by atoms with Crippen molar-refractivity contribution in [2.45, 2.75) is 41.2 Å². The highest BCUT2D eigenvalue weighted by Gasteiger charge is 2.26. The third kappa shape index (κ3) is 6.01. The standard InChI is InChI=1S/C25H38N6O3/c1-17(2)14-30(22-23(26)31(15-18(3)4)25(34)27-24(22)33)16-21(32)29-11-9-28(10-12-29)20-8-6-7-19(5)13-20/h6-8,13,17-18H,9-12,14-16,26H2,1-5H3,(H,27,33,34). The van der Waals surface area contributed by atoms with Gasteiger partial charge in [-0.15, -0.1) is 0 Å². The van der Waals surface area contributed by atoms with Gasteiger partial charge in [0.15, 0.2) is 0 Å². The summed E-state index contributed by atoms with van der Waals surface area (Å²) in [5.41, 5.74) is 7.82. The van der Waals surface area contributed by atoms with Gasteiger partial charge >= 0.3 is 5.69 Å². The number of anilines is 3. The Hall–Kier alpha value is -3.23. The number of aromatic nitrogens is 2. The number of nitrogen functional groups attached to an aromatic ring is 1. The van der Waals surface area contributed by atoms with Crippen LogP contribution >= 0.6 is 0 Å². The molecule has 9 heteroatoms. The fourth-order valence-electron chi connectivity index (χ4n) is 4.41. The highest BCUT2D eigenvalue weighted by atomic mass is 16.2. The predicted molar refractivity (Wildman–Crippen MR) is 138 cm³/mol. The smallest absolute Gasteiger partial charge is 0.330 e. The van der Waals surface area contributed by atoms with Crippen molar-refractivity contribution in [3.8, 4) is 0 Å². The van der Waals surface area contributed by atoms with E-state index in [4.69, 9.17) is 5.73 Å². The average Bonchev–Trinajstić information content (AvgIpc) is 2.76. The second kappa shape index (κ2) is 10.8. The van der Waals surface area contributed by atoms with E-state index in [1.807, 2.05) is 38.7 Å². The molecule has 1 aromatic carbocycles. The molecule has 1 aliphatic heterocycles. The predicted octanol–water partition coefficient (Wildman–Crippen LogP) is 1.89. The number of benzene rings is 1. The number of aromatic amines is 1. The van der Waals surface area contributed by atoms with Crippen LogP contribution in [0.15, 0.2) is 33.9 Å². The van der Waals surface area contributed by atoms with E-state index in [-0.39, 0.29) is 35.8 Å². The van der Waals surface area contributed by atoms with Gasteiger partial charge in [0.25, 0.3) is 5.56 Å². The molecule has 0 saturated carbocycles. The van der Waals surface area contributed by atoms with Crippen molar-refractivity contribution in [3.05, 3.63) is 50.7 Å². The van der Waals surface area contributed by atoms with Gasteiger partial charge in [-0.3, -0.25) is 19.1 Å². The summed E-state index contributed by atoms with van der Waals surface area (Å²) in [6.07, 6.45) is 0. The topological polar surface area (TPSA) is 108 Å². The number of nitrogens with zero attached hydrogens (tertiary/aromatic N) is 4. The van der Waals surface area contributed by atoms with Crippen molar-refractivity contribution in [1.82, 2.24) is 14.5 Å². The largest absolute Gasteiger partial charge is 0.383 e. The van der Waals surface area contributed by atoms with E-state index in [2.05, 4.69) is 35.0 Å². The molecule has 1 fully saturated rings. The summed E-state index contributed by atoms with van der Waals surface area (Å²) >= 11 is 0. The molecule has 0 radical (unpaired) electrons. The van der Waals surface area contributed by atoms with Crippen molar-refractivity contribution >= 4 is 23.1 Å². The van der Waals surface area contributed by atoms with E-state index in [0.29, 0.717) is 26.2 Å². The molecule has 0 aliphatic carbocycles. The van der Waals surface area contributed by atoms with Crippen molar-refractivity contribution in [1.29, 1.82) is 0 Å². The first-order valence-corrected chi connectivity index (χ1v) is 12.0. The molecular formula is C25H38N6O3. The quantitative estimate of drug-likeness (QED) is 0.610.